The molecule has 0 aliphatic carbocycles. The molecule has 0 bridgehead atoms. The molecule has 0 saturated carbocycles. The summed E-state index contributed by atoms with van der Waals surface area (Å²) in [5.41, 5.74) is 0.469. The van der Waals surface area contributed by atoms with Gasteiger partial charge in [-0.3, -0.25) is 0 Å². The van der Waals surface area contributed by atoms with Gasteiger partial charge < -0.3 is 14.5 Å². The zero-order valence-electron chi connectivity index (χ0n) is 21.3. The maximum atomic E-state index is 14.9. The Balaban J connectivity index is 1.46. The fourth-order valence-corrected chi connectivity index (χ4v) is 4.12. The van der Waals surface area contributed by atoms with Gasteiger partial charge in [0.1, 0.15) is 17.7 Å². The summed E-state index contributed by atoms with van der Waals surface area (Å²) in [6.07, 6.45) is 5.06. The van der Waals surface area contributed by atoms with Gasteiger partial charge in [0, 0.05) is 50.2 Å². The molecular formula is C25H32FN7O3. The molecule has 3 aromatic rings. The first-order chi connectivity index (χ1) is 17.1. The van der Waals surface area contributed by atoms with E-state index in [1.807, 2.05) is 39.5 Å². The highest BCUT2D eigenvalue weighted by molar-refractivity contribution is 5.69. The maximum absolute atomic E-state index is 14.9. The van der Waals surface area contributed by atoms with Crippen LogP contribution in [-0.2, 0) is 11.3 Å². The Hall–Kier alpha value is -3.76. The third-order valence-electron chi connectivity index (χ3n) is 5.88. The van der Waals surface area contributed by atoms with Crippen molar-refractivity contribution in [3.63, 3.8) is 0 Å². The van der Waals surface area contributed by atoms with Crippen molar-refractivity contribution in [3.8, 4) is 16.8 Å². The zero-order chi connectivity index (χ0) is 26.0. The van der Waals surface area contributed by atoms with Crippen LogP contribution < -0.4 is 10.6 Å². The van der Waals surface area contributed by atoms with Crippen LogP contribution in [0.2, 0.25) is 0 Å². The molecule has 3 heterocycles. The average molecular weight is 498 g/mol. The lowest BCUT2D eigenvalue weighted by Crippen LogP contribution is -2.55. The second-order valence-electron chi connectivity index (χ2n) is 9.91. The number of aryl methyl sites for hydroxylation is 1. The van der Waals surface area contributed by atoms with Gasteiger partial charge in [-0.2, -0.15) is 5.10 Å². The van der Waals surface area contributed by atoms with Crippen molar-refractivity contribution < 1.29 is 13.9 Å². The molecule has 192 valence electrons. The van der Waals surface area contributed by atoms with Gasteiger partial charge in [-0.15, -0.1) is 0 Å². The highest BCUT2D eigenvalue weighted by Gasteiger charge is 2.31. The second kappa shape index (κ2) is 10.1. The van der Waals surface area contributed by atoms with Gasteiger partial charge in [-0.25, -0.2) is 33.2 Å². The van der Waals surface area contributed by atoms with Crippen molar-refractivity contribution in [1.29, 1.82) is 0 Å². The van der Waals surface area contributed by atoms with Gasteiger partial charge >= 0.3 is 11.8 Å². The predicted octanol–water partition coefficient (Wildman–Crippen LogP) is 3.49. The minimum Gasteiger partial charge on any atom is -0.444 e. The highest BCUT2D eigenvalue weighted by atomic mass is 19.1. The van der Waals surface area contributed by atoms with E-state index < -0.39 is 11.4 Å². The third-order valence-corrected chi connectivity index (χ3v) is 5.88. The molecule has 1 fully saturated rings. The molecule has 1 atom stereocenters. The smallest absolute Gasteiger partial charge is 0.410 e. The van der Waals surface area contributed by atoms with Crippen molar-refractivity contribution in [3.05, 3.63) is 53.2 Å². The molecule has 0 radical (unpaired) electrons. The maximum Gasteiger partial charge on any atom is 0.410 e. The Morgan fingerprint density at radius 3 is 2.50 bits per heavy atom. The van der Waals surface area contributed by atoms with Crippen LogP contribution in [0.3, 0.4) is 0 Å². The SMILES string of the molecule is CCCn1ncn(-c2ccc(-c3cnc(N4CCN(C(=O)OC(C)(C)C)CC4C)nc3)cc2F)c1=O. The van der Waals surface area contributed by atoms with Crippen LogP contribution >= 0.6 is 0 Å². The number of carbonyl (C=O) groups excluding carboxylic acids is 1. The van der Waals surface area contributed by atoms with E-state index >= 15 is 0 Å². The normalized spacial score (nSPS) is 16.3. The highest BCUT2D eigenvalue weighted by Crippen LogP contribution is 2.24. The number of benzene rings is 1. The van der Waals surface area contributed by atoms with Crippen LogP contribution in [0.1, 0.15) is 41.0 Å². The fraction of sp³-hybridized carbons (Fsp3) is 0.480. The number of anilines is 1. The van der Waals surface area contributed by atoms with Gasteiger partial charge in [-0.1, -0.05) is 13.0 Å². The summed E-state index contributed by atoms with van der Waals surface area (Å²) in [6.45, 7) is 11.5. The summed E-state index contributed by atoms with van der Waals surface area (Å²) in [6, 6.07) is 4.64. The van der Waals surface area contributed by atoms with Crippen LogP contribution in [0.5, 0.6) is 0 Å². The molecule has 4 rings (SSSR count). The van der Waals surface area contributed by atoms with E-state index in [2.05, 4.69) is 15.1 Å². The molecule has 36 heavy (non-hydrogen) atoms. The van der Waals surface area contributed by atoms with E-state index in [1.165, 1.54) is 21.6 Å². The predicted molar refractivity (Wildman–Crippen MR) is 134 cm³/mol. The number of rotatable bonds is 5. The minimum absolute atomic E-state index is 0.000725. The standard InChI is InChI=1S/C25H32FN7O3/c1-6-9-33-23(34)32(16-29-33)21-8-7-18(12-20(21)26)19-13-27-22(28-14-19)31-11-10-30(15-17(31)2)24(35)36-25(3,4)5/h7-8,12-14,16-17H,6,9-11,15H2,1-5H3. The van der Waals surface area contributed by atoms with E-state index in [1.54, 1.807) is 29.4 Å². The summed E-state index contributed by atoms with van der Waals surface area (Å²) in [5, 5.41) is 4.04. The first-order valence-electron chi connectivity index (χ1n) is 12.1. The Morgan fingerprint density at radius 2 is 1.89 bits per heavy atom. The van der Waals surface area contributed by atoms with Gasteiger partial charge in [0.25, 0.3) is 0 Å². The first-order valence-corrected chi connectivity index (χ1v) is 12.1. The van der Waals surface area contributed by atoms with E-state index in [4.69, 9.17) is 4.74 Å². The molecule has 1 aliphatic rings. The number of halogens is 1. The van der Waals surface area contributed by atoms with Crippen molar-refractivity contribution >= 4 is 12.0 Å². The van der Waals surface area contributed by atoms with Gasteiger partial charge in [0.05, 0.1) is 5.69 Å². The molecule has 1 unspecified atom stereocenters. The van der Waals surface area contributed by atoms with Crippen molar-refractivity contribution in [2.45, 2.75) is 59.2 Å². The summed E-state index contributed by atoms with van der Waals surface area (Å²) in [7, 11) is 0. The van der Waals surface area contributed by atoms with E-state index in [0.717, 1.165) is 6.42 Å². The molecule has 1 saturated heterocycles. The van der Waals surface area contributed by atoms with Gasteiger partial charge in [0.2, 0.25) is 5.95 Å². The summed E-state index contributed by atoms with van der Waals surface area (Å²) in [4.78, 5) is 37.6. The number of piperazine rings is 1. The molecule has 11 heteroatoms. The lowest BCUT2D eigenvalue weighted by Gasteiger charge is -2.40. The number of amides is 1. The van der Waals surface area contributed by atoms with Gasteiger partial charge in [-0.05, 0) is 51.8 Å². The Bertz CT molecular complexity index is 1280. The molecule has 2 aromatic heterocycles. The number of hydrogen-bond donors (Lipinski definition) is 0. The van der Waals surface area contributed by atoms with Crippen LogP contribution in [0.25, 0.3) is 16.8 Å². The number of ether oxygens (including phenoxy) is 1. The number of hydrogen-bond acceptors (Lipinski definition) is 7. The Morgan fingerprint density at radius 1 is 1.17 bits per heavy atom. The van der Waals surface area contributed by atoms with E-state index in [9.17, 15) is 14.0 Å². The van der Waals surface area contributed by atoms with E-state index in [-0.39, 0.29) is 23.5 Å². The van der Waals surface area contributed by atoms with Crippen molar-refractivity contribution in [1.82, 2.24) is 29.2 Å². The molecular weight excluding hydrogens is 465 g/mol. The zero-order valence-corrected chi connectivity index (χ0v) is 21.3. The van der Waals surface area contributed by atoms with Crippen LogP contribution in [0.4, 0.5) is 15.1 Å². The summed E-state index contributed by atoms with van der Waals surface area (Å²) < 4.78 is 22.9. The monoisotopic (exact) mass is 497 g/mol. The number of aromatic nitrogens is 5. The van der Waals surface area contributed by atoms with E-state index in [0.29, 0.717) is 43.3 Å². The molecule has 1 aliphatic heterocycles. The molecule has 10 nitrogen and oxygen atoms in total. The average Bonchev–Trinajstić information content (AvgIpc) is 3.18. The summed E-state index contributed by atoms with van der Waals surface area (Å²) >= 11 is 0. The molecule has 0 spiro atoms. The van der Waals surface area contributed by atoms with Crippen molar-refractivity contribution in [2.75, 3.05) is 24.5 Å². The van der Waals surface area contributed by atoms with Gasteiger partial charge in [0.15, 0.2) is 0 Å². The minimum atomic E-state index is -0.541. The van der Waals surface area contributed by atoms with Crippen LogP contribution in [-0.4, -0.2) is 66.6 Å². The number of carbonyl (C=O) groups is 1. The third kappa shape index (κ3) is 5.39. The molecule has 0 N–H and O–H groups in total. The molecule has 1 amide bonds. The summed E-state index contributed by atoms with van der Waals surface area (Å²) in [5.74, 6) is 0.00341. The van der Waals surface area contributed by atoms with Crippen LogP contribution in [0.15, 0.2) is 41.7 Å². The quantitative estimate of drug-likeness (QED) is 0.532. The van der Waals surface area contributed by atoms with Crippen molar-refractivity contribution in [2.24, 2.45) is 0 Å². The Labute approximate surface area is 209 Å². The topological polar surface area (TPSA) is 98.4 Å². The second-order valence-corrected chi connectivity index (χ2v) is 9.91. The number of nitrogens with zero attached hydrogens (tertiary/aromatic N) is 7. The fourth-order valence-electron chi connectivity index (χ4n) is 4.12. The lowest BCUT2D eigenvalue weighted by molar-refractivity contribution is 0.0218. The largest absolute Gasteiger partial charge is 0.444 e. The molecule has 1 aromatic carbocycles. The Kier molecular flexibility index (Phi) is 7.09. The lowest BCUT2D eigenvalue weighted by atomic mass is 10.1. The first kappa shape index (κ1) is 25.3. The van der Waals surface area contributed by atoms with Crippen LogP contribution in [0, 0.1) is 5.82 Å².